The molecule has 3 aromatic rings. The third-order valence-electron chi connectivity index (χ3n) is 5.34. The first-order chi connectivity index (χ1) is 15.7. The molecule has 0 spiro atoms. The predicted molar refractivity (Wildman–Crippen MR) is 129 cm³/mol. The molecule has 3 aromatic carbocycles. The normalized spacial score (nSPS) is 11.0. The predicted octanol–water partition coefficient (Wildman–Crippen LogP) is 4.09. The summed E-state index contributed by atoms with van der Waals surface area (Å²) in [5, 5.41) is 2.87. The molecule has 0 aliphatic rings. The first-order valence-electron chi connectivity index (χ1n) is 10.4. The third kappa shape index (κ3) is 6.04. The van der Waals surface area contributed by atoms with E-state index >= 15 is 0 Å². The Morgan fingerprint density at radius 2 is 1.55 bits per heavy atom. The molecule has 0 atom stereocenters. The molecule has 0 radical (unpaired) electrons. The Morgan fingerprint density at radius 3 is 2.18 bits per heavy atom. The number of rotatable bonds is 9. The number of ether oxygens (including phenoxy) is 2. The maximum atomic E-state index is 12.6. The van der Waals surface area contributed by atoms with Crippen LogP contribution in [0.15, 0.2) is 65.6 Å². The number of carbonyl (C=O) groups is 1. The third-order valence-corrected chi connectivity index (χ3v) is 6.71. The van der Waals surface area contributed by atoms with Crippen LogP contribution in [0.3, 0.4) is 0 Å². The molecule has 0 saturated heterocycles. The van der Waals surface area contributed by atoms with Gasteiger partial charge in [-0.05, 0) is 85.5 Å². The number of carbonyl (C=O) groups excluding carboxylic acids is 1. The summed E-state index contributed by atoms with van der Waals surface area (Å²) in [6.07, 6.45) is 0.625. The lowest BCUT2D eigenvalue weighted by Crippen LogP contribution is -2.25. The molecule has 0 aliphatic carbocycles. The summed E-state index contributed by atoms with van der Waals surface area (Å²) in [7, 11) is -0.552. The van der Waals surface area contributed by atoms with E-state index in [4.69, 9.17) is 9.47 Å². The van der Waals surface area contributed by atoms with Gasteiger partial charge >= 0.3 is 0 Å². The fourth-order valence-corrected chi connectivity index (χ4v) is 4.39. The van der Waals surface area contributed by atoms with Crippen molar-refractivity contribution >= 4 is 21.6 Å². The van der Waals surface area contributed by atoms with Gasteiger partial charge in [-0.2, -0.15) is 0 Å². The second kappa shape index (κ2) is 10.4. The monoisotopic (exact) mass is 468 g/mol. The fourth-order valence-electron chi connectivity index (χ4n) is 3.24. The van der Waals surface area contributed by atoms with Gasteiger partial charge in [0.2, 0.25) is 0 Å². The van der Waals surface area contributed by atoms with Crippen molar-refractivity contribution in [2.75, 3.05) is 25.5 Å². The summed E-state index contributed by atoms with van der Waals surface area (Å²) >= 11 is 0. The van der Waals surface area contributed by atoms with Gasteiger partial charge in [-0.25, -0.2) is 8.42 Å². The minimum Gasteiger partial charge on any atom is -0.493 e. The summed E-state index contributed by atoms with van der Waals surface area (Å²) in [4.78, 5) is 12.6. The van der Waals surface area contributed by atoms with Crippen LogP contribution in [0.1, 0.15) is 27.0 Å². The van der Waals surface area contributed by atoms with Crippen molar-refractivity contribution in [1.82, 2.24) is 5.32 Å². The Bertz CT molecular complexity index is 1240. The van der Waals surface area contributed by atoms with Gasteiger partial charge in [0.15, 0.2) is 11.5 Å². The number of aryl methyl sites for hydroxylation is 2. The van der Waals surface area contributed by atoms with Crippen molar-refractivity contribution in [1.29, 1.82) is 0 Å². The molecule has 0 fully saturated rings. The quantitative estimate of drug-likeness (QED) is 0.493. The number of benzene rings is 3. The van der Waals surface area contributed by atoms with E-state index in [9.17, 15) is 13.2 Å². The van der Waals surface area contributed by atoms with E-state index in [1.54, 1.807) is 56.7 Å². The van der Waals surface area contributed by atoms with Gasteiger partial charge in [0.1, 0.15) is 0 Å². The Morgan fingerprint density at radius 1 is 0.848 bits per heavy atom. The summed E-state index contributed by atoms with van der Waals surface area (Å²) in [6, 6.07) is 16.9. The van der Waals surface area contributed by atoms with Crippen LogP contribution < -0.4 is 19.5 Å². The first-order valence-corrected chi connectivity index (χ1v) is 11.9. The first kappa shape index (κ1) is 24.1. The van der Waals surface area contributed by atoms with E-state index in [0.29, 0.717) is 35.7 Å². The zero-order valence-corrected chi connectivity index (χ0v) is 20.0. The van der Waals surface area contributed by atoms with Crippen LogP contribution in [0.25, 0.3) is 0 Å². The van der Waals surface area contributed by atoms with Crippen LogP contribution in [-0.4, -0.2) is 35.1 Å². The van der Waals surface area contributed by atoms with Crippen LogP contribution in [0, 0.1) is 13.8 Å². The van der Waals surface area contributed by atoms with Crippen molar-refractivity contribution in [3.05, 3.63) is 82.9 Å². The number of nitrogens with one attached hydrogen (secondary N) is 2. The number of hydrogen-bond acceptors (Lipinski definition) is 5. The van der Waals surface area contributed by atoms with E-state index in [2.05, 4.69) is 10.0 Å². The standard InChI is InChI=1S/C25H28N2O5S/c1-17-5-11-22(15-18(17)2)33(29,30)27-21-9-7-20(8-10-21)25(28)26-14-13-19-6-12-23(31-3)24(16-19)32-4/h5-12,15-16,27H,13-14H2,1-4H3,(H,26,28). The Labute approximate surface area is 194 Å². The second-order valence-electron chi connectivity index (χ2n) is 7.62. The molecular weight excluding hydrogens is 440 g/mol. The maximum Gasteiger partial charge on any atom is 0.261 e. The smallest absolute Gasteiger partial charge is 0.261 e. The van der Waals surface area contributed by atoms with Gasteiger partial charge in [-0.15, -0.1) is 0 Å². The maximum absolute atomic E-state index is 12.6. The van der Waals surface area contributed by atoms with Gasteiger partial charge in [0.25, 0.3) is 15.9 Å². The molecule has 0 heterocycles. The molecule has 33 heavy (non-hydrogen) atoms. The molecule has 2 N–H and O–H groups in total. The van der Waals surface area contributed by atoms with Crippen molar-refractivity contribution < 1.29 is 22.7 Å². The molecule has 3 rings (SSSR count). The molecular formula is C25H28N2O5S. The van der Waals surface area contributed by atoms with E-state index in [-0.39, 0.29) is 10.8 Å². The number of methoxy groups -OCH3 is 2. The summed E-state index contributed by atoms with van der Waals surface area (Å²) < 4.78 is 38.4. The van der Waals surface area contributed by atoms with Crippen molar-refractivity contribution in [3.8, 4) is 11.5 Å². The Kier molecular flexibility index (Phi) is 7.60. The van der Waals surface area contributed by atoms with Gasteiger partial charge in [0.05, 0.1) is 19.1 Å². The topological polar surface area (TPSA) is 93.7 Å². The molecule has 7 nitrogen and oxygen atoms in total. The van der Waals surface area contributed by atoms with Crippen LogP contribution in [0.4, 0.5) is 5.69 Å². The number of anilines is 1. The Balaban J connectivity index is 1.58. The summed E-state index contributed by atoms with van der Waals surface area (Å²) in [5.41, 5.74) is 3.75. The highest BCUT2D eigenvalue weighted by Crippen LogP contribution is 2.27. The average molecular weight is 469 g/mol. The molecule has 0 saturated carbocycles. The molecule has 0 unspecified atom stereocenters. The number of amides is 1. The van der Waals surface area contributed by atoms with Gasteiger partial charge in [-0.3, -0.25) is 9.52 Å². The van der Waals surface area contributed by atoms with Gasteiger partial charge in [0, 0.05) is 17.8 Å². The second-order valence-corrected chi connectivity index (χ2v) is 9.31. The average Bonchev–Trinajstić information content (AvgIpc) is 2.80. The van der Waals surface area contributed by atoms with E-state index in [1.165, 1.54) is 0 Å². The lowest BCUT2D eigenvalue weighted by atomic mass is 10.1. The SMILES string of the molecule is COc1ccc(CCNC(=O)c2ccc(NS(=O)(=O)c3ccc(C)c(C)c3)cc2)cc1OC. The summed E-state index contributed by atoms with van der Waals surface area (Å²) in [5.74, 6) is 1.05. The zero-order valence-electron chi connectivity index (χ0n) is 19.1. The zero-order chi connectivity index (χ0) is 24.0. The molecule has 1 amide bonds. The van der Waals surface area contributed by atoms with E-state index < -0.39 is 10.0 Å². The Hall–Kier alpha value is -3.52. The van der Waals surface area contributed by atoms with Crippen molar-refractivity contribution in [2.24, 2.45) is 0 Å². The van der Waals surface area contributed by atoms with Crippen LogP contribution >= 0.6 is 0 Å². The largest absolute Gasteiger partial charge is 0.493 e. The van der Waals surface area contributed by atoms with Gasteiger partial charge < -0.3 is 14.8 Å². The van der Waals surface area contributed by atoms with Crippen LogP contribution in [0.2, 0.25) is 0 Å². The lowest BCUT2D eigenvalue weighted by Gasteiger charge is -2.11. The fraction of sp³-hybridized carbons (Fsp3) is 0.240. The minimum absolute atomic E-state index is 0.197. The number of sulfonamides is 1. The van der Waals surface area contributed by atoms with Gasteiger partial charge in [-0.1, -0.05) is 12.1 Å². The van der Waals surface area contributed by atoms with Crippen molar-refractivity contribution in [3.63, 3.8) is 0 Å². The highest BCUT2D eigenvalue weighted by Gasteiger charge is 2.15. The number of hydrogen-bond donors (Lipinski definition) is 2. The minimum atomic E-state index is -3.71. The van der Waals surface area contributed by atoms with Crippen LogP contribution in [-0.2, 0) is 16.4 Å². The highest BCUT2D eigenvalue weighted by atomic mass is 32.2. The lowest BCUT2D eigenvalue weighted by molar-refractivity contribution is 0.0954. The molecule has 8 heteroatoms. The molecule has 0 bridgehead atoms. The summed E-state index contributed by atoms with van der Waals surface area (Å²) in [6.45, 7) is 4.24. The van der Waals surface area contributed by atoms with E-state index in [1.807, 2.05) is 32.0 Å². The molecule has 0 aliphatic heterocycles. The molecule has 174 valence electrons. The van der Waals surface area contributed by atoms with Crippen molar-refractivity contribution in [2.45, 2.75) is 25.2 Å². The van der Waals surface area contributed by atoms with E-state index in [0.717, 1.165) is 16.7 Å². The highest BCUT2D eigenvalue weighted by molar-refractivity contribution is 7.92. The molecule has 0 aromatic heterocycles. The van der Waals surface area contributed by atoms with Crippen LogP contribution in [0.5, 0.6) is 11.5 Å².